The number of aryl methyl sites for hydroxylation is 1. The van der Waals surface area contributed by atoms with Crippen LogP contribution in [0.3, 0.4) is 0 Å². The van der Waals surface area contributed by atoms with Gasteiger partial charge >= 0.3 is 0 Å². The summed E-state index contributed by atoms with van der Waals surface area (Å²) in [6.07, 6.45) is 2.56. The number of rotatable bonds is 6. The third-order valence-corrected chi connectivity index (χ3v) is 5.75. The van der Waals surface area contributed by atoms with E-state index in [1.54, 1.807) is 30.5 Å². The number of halogens is 1. The Morgan fingerprint density at radius 1 is 1.15 bits per heavy atom. The van der Waals surface area contributed by atoms with Gasteiger partial charge in [0.2, 0.25) is 10.0 Å². The van der Waals surface area contributed by atoms with Crippen LogP contribution in [0.2, 0.25) is 5.02 Å². The second kappa shape index (κ2) is 8.54. The average molecular weight is 408 g/mol. The van der Waals surface area contributed by atoms with Crippen LogP contribution in [0.1, 0.15) is 22.3 Å². The Bertz CT molecular complexity index is 988. The number of carbonyl (C=O) groups is 1. The lowest BCUT2D eigenvalue weighted by Gasteiger charge is -2.22. The Kier molecular flexibility index (Phi) is 6.62. The first kappa shape index (κ1) is 20.9. The second-order valence-electron chi connectivity index (χ2n) is 6.24. The average Bonchev–Trinajstić information content (AvgIpc) is 2.59. The molecule has 0 aromatic heterocycles. The van der Waals surface area contributed by atoms with Gasteiger partial charge in [-0.3, -0.25) is 9.10 Å². The minimum Gasteiger partial charge on any atom is -0.271 e. The van der Waals surface area contributed by atoms with Crippen LogP contribution in [0.15, 0.2) is 41.5 Å². The number of amides is 1. The summed E-state index contributed by atoms with van der Waals surface area (Å²) >= 11 is 6.07. The Balaban J connectivity index is 2.13. The fraction of sp³-hybridized carbons (Fsp3) is 0.263. The quantitative estimate of drug-likeness (QED) is 0.590. The minimum atomic E-state index is -3.69. The summed E-state index contributed by atoms with van der Waals surface area (Å²) < 4.78 is 25.1. The van der Waals surface area contributed by atoms with Crippen molar-refractivity contribution in [2.75, 3.05) is 17.1 Å². The largest absolute Gasteiger partial charge is 0.271 e. The lowest BCUT2D eigenvalue weighted by atomic mass is 10.00. The Morgan fingerprint density at radius 3 is 2.44 bits per heavy atom. The summed E-state index contributed by atoms with van der Waals surface area (Å²) in [5, 5.41) is 4.19. The zero-order chi connectivity index (χ0) is 20.2. The molecule has 27 heavy (non-hydrogen) atoms. The maximum absolute atomic E-state index is 12.2. The predicted octanol–water partition coefficient (Wildman–Crippen LogP) is 3.18. The molecule has 1 N–H and O–H groups in total. The molecule has 2 aromatic rings. The molecule has 0 aliphatic heterocycles. The van der Waals surface area contributed by atoms with Gasteiger partial charge in [-0.05, 0) is 55.2 Å². The highest BCUT2D eigenvalue weighted by molar-refractivity contribution is 7.92. The summed E-state index contributed by atoms with van der Waals surface area (Å²) in [4.78, 5) is 12.2. The number of sulfonamides is 1. The molecule has 0 atom stereocenters. The van der Waals surface area contributed by atoms with Gasteiger partial charge in [-0.25, -0.2) is 13.8 Å². The van der Waals surface area contributed by atoms with Gasteiger partial charge in [0.15, 0.2) is 0 Å². The number of carbonyl (C=O) groups excluding carboxylic acids is 1. The zero-order valence-corrected chi connectivity index (χ0v) is 17.2. The number of hydrazone groups is 1. The van der Waals surface area contributed by atoms with E-state index in [2.05, 4.69) is 10.5 Å². The molecule has 0 aliphatic rings. The van der Waals surface area contributed by atoms with Gasteiger partial charge in [-0.15, -0.1) is 0 Å². The van der Waals surface area contributed by atoms with Crippen molar-refractivity contribution < 1.29 is 13.2 Å². The maximum atomic E-state index is 12.2. The highest BCUT2D eigenvalue weighted by Crippen LogP contribution is 2.26. The van der Waals surface area contributed by atoms with Crippen LogP contribution >= 0.6 is 11.6 Å². The number of benzene rings is 2. The fourth-order valence-corrected chi connectivity index (χ4v) is 3.65. The third kappa shape index (κ3) is 5.30. The van der Waals surface area contributed by atoms with E-state index in [-0.39, 0.29) is 10.7 Å². The van der Waals surface area contributed by atoms with Gasteiger partial charge in [-0.2, -0.15) is 5.10 Å². The molecule has 0 aliphatic carbocycles. The predicted molar refractivity (Wildman–Crippen MR) is 110 cm³/mol. The Labute approximate surface area is 164 Å². The van der Waals surface area contributed by atoms with Gasteiger partial charge in [0.05, 0.1) is 23.2 Å². The van der Waals surface area contributed by atoms with E-state index in [0.717, 1.165) is 27.3 Å². The summed E-state index contributed by atoms with van der Waals surface area (Å²) in [6.45, 7) is 5.60. The molecular weight excluding hydrogens is 386 g/mol. The number of nitrogens with zero attached hydrogens (tertiary/aromatic N) is 2. The number of hydrogen-bond acceptors (Lipinski definition) is 4. The highest BCUT2D eigenvalue weighted by atomic mass is 35.5. The lowest BCUT2D eigenvalue weighted by Crippen LogP contribution is -2.39. The Hall–Kier alpha value is -2.38. The van der Waals surface area contributed by atoms with Gasteiger partial charge in [0, 0.05) is 0 Å². The van der Waals surface area contributed by atoms with E-state index in [1.165, 1.54) is 5.56 Å². The molecule has 0 heterocycles. The van der Waals surface area contributed by atoms with Crippen LogP contribution in [0, 0.1) is 20.8 Å². The first-order valence-electron chi connectivity index (χ1n) is 8.22. The molecule has 0 saturated heterocycles. The van der Waals surface area contributed by atoms with Crippen molar-refractivity contribution in [3.05, 3.63) is 63.7 Å². The molecule has 0 spiro atoms. The van der Waals surface area contributed by atoms with E-state index in [0.29, 0.717) is 0 Å². The van der Waals surface area contributed by atoms with Crippen LogP contribution in [0.4, 0.5) is 5.69 Å². The number of hydrogen-bond donors (Lipinski definition) is 1. The van der Waals surface area contributed by atoms with Crippen LogP contribution in [-0.4, -0.2) is 33.3 Å². The smallest absolute Gasteiger partial charge is 0.260 e. The molecule has 0 saturated carbocycles. The zero-order valence-electron chi connectivity index (χ0n) is 15.7. The van der Waals surface area contributed by atoms with Crippen LogP contribution in [0.5, 0.6) is 0 Å². The molecule has 0 radical (unpaired) electrons. The summed E-state index contributed by atoms with van der Waals surface area (Å²) in [5.74, 6) is -0.571. The molecule has 0 bridgehead atoms. The lowest BCUT2D eigenvalue weighted by molar-refractivity contribution is -0.119. The van der Waals surface area contributed by atoms with E-state index in [9.17, 15) is 13.2 Å². The van der Waals surface area contributed by atoms with Crippen molar-refractivity contribution in [1.82, 2.24) is 5.43 Å². The molecule has 2 aromatic carbocycles. The molecule has 8 heteroatoms. The summed E-state index contributed by atoms with van der Waals surface area (Å²) in [7, 11) is -3.69. The standard InChI is InChI=1S/C19H22ClN3O3S/c1-13-9-10-16(15(3)14(13)2)11-21-22-19(24)12-23(27(4,25)26)18-8-6-5-7-17(18)20/h5-11H,12H2,1-4H3,(H,22,24)/b21-11-. The van der Waals surface area contributed by atoms with Crippen molar-refractivity contribution in [3.8, 4) is 0 Å². The summed E-state index contributed by atoms with van der Waals surface area (Å²) in [6, 6.07) is 10.3. The fourth-order valence-electron chi connectivity index (χ4n) is 2.49. The first-order chi connectivity index (χ1) is 12.6. The van der Waals surface area contributed by atoms with Crippen LogP contribution < -0.4 is 9.73 Å². The van der Waals surface area contributed by atoms with E-state index in [1.807, 2.05) is 32.9 Å². The number of anilines is 1. The third-order valence-electron chi connectivity index (χ3n) is 4.30. The Morgan fingerprint density at radius 2 is 1.81 bits per heavy atom. The van der Waals surface area contributed by atoms with Crippen LogP contribution in [0.25, 0.3) is 0 Å². The van der Waals surface area contributed by atoms with Gasteiger partial charge in [0.1, 0.15) is 6.54 Å². The normalized spacial score (nSPS) is 11.6. The number of para-hydroxylation sites is 1. The second-order valence-corrected chi connectivity index (χ2v) is 8.55. The van der Waals surface area contributed by atoms with Crippen molar-refractivity contribution in [2.24, 2.45) is 5.10 Å². The van der Waals surface area contributed by atoms with Crippen molar-refractivity contribution in [2.45, 2.75) is 20.8 Å². The SMILES string of the molecule is Cc1ccc(/C=N\NC(=O)CN(c2ccccc2Cl)S(C)(=O)=O)c(C)c1C. The van der Waals surface area contributed by atoms with Crippen molar-refractivity contribution in [1.29, 1.82) is 0 Å². The molecule has 0 unspecified atom stereocenters. The summed E-state index contributed by atoms with van der Waals surface area (Å²) in [5.41, 5.74) is 6.89. The van der Waals surface area contributed by atoms with E-state index < -0.39 is 22.5 Å². The first-order valence-corrected chi connectivity index (χ1v) is 10.4. The topological polar surface area (TPSA) is 78.8 Å². The molecular formula is C19H22ClN3O3S. The van der Waals surface area contributed by atoms with Gasteiger partial charge in [-0.1, -0.05) is 35.9 Å². The van der Waals surface area contributed by atoms with Crippen LogP contribution in [-0.2, 0) is 14.8 Å². The monoisotopic (exact) mass is 407 g/mol. The minimum absolute atomic E-state index is 0.241. The molecule has 0 fully saturated rings. The molecule has 1 amide bonds. The van der Waals surface area contributed by atoms with Crippen molar-refractivity contribution >= 4 is 39.4 Å². The highest BCUT2D eigenvalue weighted by Gasteiger charge is 2.22. The van der Waals surface area contributed by atoms with E-state index in [4.69, 9.17) is 11.6 Å². The van der Waals surface area contributed by atoms with E-state index >= 15 is 0 Å². The van der Waals surface area contributed by atoms with Crippen molar-refractivity contribution in [3.63, 3.8) is 0 Å². The van der Waals surface area contributed by atoms with Gasteiger partial charge in [0.25, 0.3) is 5.91 Å². The molecule has 144 valence electrons. The number of nitrogens with one attached hydrogen (secondary N) is 1. The maximum Gasteiger partial charge on any atom is 0.260 e. The van der Waals surface area contributed by atoms with Gasteiger partial charge < -0.3 is 0 Å². The molecule has 6 nitrogen and oxygen atoms in total. The molecule has 2 rings (SSSR count).